The minimum absolute atomic E-state index is 0.268. The number of carbonyl (C=O) groups excluding carboxylic acids is 3. The largest absolute Gasteiger partial charge is 0.548 e. The Morgan fingerprint density at radius 3 is 2.27 bits per heavy atom. The number of rotatable bonds is 5. The number of carboxylic acids is 1. The molecule has 0 rings (SSSR count). The Balaban J connectivity index is 3.86. The van der Waals surface area contributed by atoms with E-state index < -0.39 is 24.0 Å². The van der Waals surface area contributed by atoms with Gasteiger partial charge in [0.15, 0.2) is 6.04 Å². The van der Waals surface area contributed by atoms with Crippen molar-refractivity contribution < 1.29 is 25.2 Å². The molecule has 0 unspecified atom stereocenters. The Bertz CT molecular complexity index is 265. The van der Waals surface area contributed by atoms with Gasteiger partial charge in [-0.15, -0.1) is 0 Å². The highest BCUT2D eigenvalue weighted by Gasteiger charge is 2.13. The van der Waals surface area contributed by atoms with Gasteiger partial charge >= 0.3 is 0 Å². The maximum atomic E-state index is 11.0. The zero-order chi connectivity index (χ0) is 12.0. The normalized spacial score (nSPS) is 13.8. The molecule has 0 heterocycles. The van der Waals surface area contributed by atoms with Crippen molar-refractivity contribution in [3.8, 4) is 0 Å². The van der Waals surface area contributed by atoms with Gasteiger partial charge in [0.05, 0.1) is 18.6 Å². The molecule has 0 aliphatic rings. The van der Waals surface area contributed by atoms with E-state index in [0.717, 1.165) is 0 Å². The quantitative estimate of drug-likeness (QED) is 0.433. The summed E-state index contributed by atoms with van der Waals surface area (Å²) in [4.78, 5) is 32.3. The Kier molecular flexibility index (Phi) is 5.32. The fourth-order valence-corrected chi connectivity index (χ4v) is 0.693. The summed E-state index contributed by atoms with van der Waals surface area (Å²) in [5, 5.41) is 14.7. The second-order valence-corrected chi connectivity index (χ2v) is 3.23. The lowest BCUT2D eigenvalue weighted by atomic mass is 10.3. The van der Waals surface area contributed by atoms with Crippen LogP contribution in [0.4, 0.5) is 0 Å². The summed E-state index contributed by atoms with van der Waals surface area (Å²) in [6.07, 6.45) is 0. The number of carbonyl (C=O) groups is 3. The van der Waals surface area contributed by atoms with Crippen LogP contribution in [0, 0.1) is 0 Å². The van der Waals surface area contributed by atoms with E-state index in [4.69, 9.17) is 0 Å². The molecule has 0 fully saturated rings. The van der Waals surface area contributed by atoms with E-state index in [2.05, 4.69) is 16.4 Å². The molecule has 7 heteroatoms. The van der Waals surface area contributed by atoms with Crippen LogP contribution in [0.25, 0.3) is 0 Å². The number of hydrogen-bond donors (Lipinski definition) is 3. The first-order chi connectivity index (χ1) is 6.84. The fourth-order valence-electron chi connectivity index (χ4n) is 0.693. The first kappa shape index (κ1) is 13.4. The molecule has 0 saturated heterocycles. The second-order valence-electron chi connectivity index (χ2n) is 3.23. The Labute approximate surface area is 87.0 Å². The molecule has 0 aromatic heterocycles. The number of carboxylic acid groups (broad SMARTS) is 1. The van der Waals surface area contributed by atoms with Crippen LogP contribution in [0.5, 0.6) is 0 Å². The molecule has 0 bridgehead atoms. The van der Waals surface area contributed by atoms with E-state index in [9.17, 15) is 19.5 Å². The second kappa shape index (κ2) is 5.97. The van der Waals surface area contributed by atoms with E-state index >= 15 is 0 Å². The summed E-state index contributed by atoms with van der Waals surface area (Å²) in [6, 6.07) is -1.54. The molecule has 0 aromatic carbocycles. The molecule has 0 saturated carbocycles. The SMILES string of the molecule is C[C@H]([NH3+])C(=O)NCC(=O)N[C@@H](C)C(=O)[O-]. The number of nitrogens with one attached hydrogen (secondary N) is 2. The lowest BCUT2D eigenvalue weighted by molar-refractivity contribution is -0.398. The van der Waals surface area contributed by atoms with Gasteiger partial charge in [0.1, 0.15) is 0 Å². The maximum Gasteiger partial charge on any atom is 0.278 e. The molecule has 7 nitrogen and oxygen atoms in total. The van der Waals surface area contributed by atoms with Crippen molar-refractivity contribution >= 4 is 17.8 Å². The number of amides is 2. The fraction of sp³-hybridized carbons (Fsp3) is 0.625. The van der Waals surface area contributed by atoms with Crippen LogP contribution in [-0.2, 0) is 14.4 Å². The third-order valence-corrected chi connectivity index (χ3v) is 1.60. The summed E-state index contributed by atoms with van der Waals surface area (Å²) in [5.41, 5.74) is 3.46. The number of quaternary nitrogens is 1. The van der Waals surface area contributed by atoms with Crippen molar-refractivity contribution in [1.82, 2.24) is 10.6 Å². The van der Waals surface area contributed by atoms with Crippen molar-refractivity contribution in [3.63, 3.8) is 0 Å². The summed E-state index contributed by atoms with van der Waals surface area (Å²) >= 11 is 0. The molecule has 0 aromatic rings. The standard InChI is InChI=1S/C8H15N3O4/c1-4(9)7(13)10-3-6(12)11-5(2)8(14)15/h4-5H,3,9H2,1-2H3,(H,10,13)(H,11,12)(H,14,15)/t4-,5-/m0/s1. The van der Waals surface area contributed by atoms with Crippen molar-refractivity contribution in [2.45, 2.75) is 25.9 Å². The van der Waals surface area contributed by atoms with Crippen LogP contribution >= 0.6 is 0 Å². The first-order valence-electron chi connectivity index (χ1n) is 4.45. The van der Waals surface area contributed by atoms with Gasteiger partial charge in [0.25, 0.3) is 5.91 Å². The van der Waals surface area contributed by atoms with Gasteiger partial charge < -0.3 is 26.3 Å². The van der Waals surface area contributed by atoms with E-state index in [1.54, 1.807) is 6.92 Å². The molecule has 0 aliphatic carbocycles. The molecule has 5 N–H and O–H groups in total. The lowest BCUT2D eigenvalue weighted by Gasteiger charge is -2.14. The van der Waals surface area contributed by atoms with Crippen LogP contribution in [-0.4, -0.2) is 36.4 Å². The highest BCUT2D eigenvalue weighted by atomic mass is 16.4. The minimum atomic E-state index is -1.37. The van der Waals surface area contributed by atoms with Crippen LogP contribution in [0.1, 0.15) is 13.8 Å². The topological polar surface area (TPSA) is 126 Å². The molecule has 0 radical (unpaired) electrons. The average Bonchev–Trinajstić information content (AvgIpc) is 2.13. The van der Waals surface area contributed by atoms with Gasteiger partial charge in [-0.2, -0.15) is 0 Å². The highest BCUT2D eigenvalue weighted by molar-refractivity contribution is 5.88. The van der Waals surface area contributed by atoms with Gasteiger partial charge in [0.2, 0.25) is 5.91 Å². The predicted molar refractivity (Wildman–Crippen MR) is 48.0 cm³/mol. The Morgan fingerprint density at radius 1 is 1.33 bits per heavy atom. The van der Waals surface area contributed by atoms with Crippen LogP contribution < -0.4 is 21.5 Å². The Morgan fingerprint density at radius 2 is 1.87 bits per heavy atom. The Hall–Kier alpha value is -1.63. The van der Waals surface area contributed by atoms with E-state index in [1.807, 2.05) is 0 Å². The van der Waals surface area contributed by atoms with E-state index in [1.165, 1.54) is 6.92 Å². The zero-order valence-electron chi connectivity index (χ0n) is 8.70. The highest BCUT2D eigenvalue weighted by Crippen LogP contribution is 1.78. The molecule has 0 spiro atoms. The summed E-state index contributed by atoms with van der Waals surface area (Å²) in [5.74, 6) is -2.33. The van der Waals surface area contributed by atoms with Gasteiger partial charge in [-0.3, -0.25) is 9.59 Å². The summed E-state index contributed by atoms with van der Waals surface area (Å²) < 4.78 is 0. The lowest BCUT2D eigenvalue weighted by Crippen LogP contribution is -2.66. The summed E-state index contributed by atoms with van der Waals surface area (Å²) in [7, 11) is 0. The zero-order valence-corrected chi connectivity index (χ0v) is 8.70. The van der Waals surface area contributed by atoms with Gasteiger partial charge in [0, 0.05) is 0 Å². The first-order valence-corrected chi connectivity index (χ1v) is 4.45. The monoisotopic (exact) mass is 217 g/mol. The van der Waals surface area contributed by atoms with Crippen LogP contribution in [0.15, 0.2) is 0 Å². The molecular weight excluding hydrogens is 202 g/mol. The smallest absolute Gasteiger partial charge is 0.278 e. The molecule has 2 amide bonds. The average molecular weight is 217 g/mol. The minimum Gasteiger partial charge on any atom is -0.548 e. The van der Waals surface area contributed by atoms with E-state index in [-0.39, 0.29) is 12.5 Å². The van der Waals surface area contributed by atoms with Crippen molar-refractivity contribution in [2.24, 2.45) is 0 Å². The van der Waals surface area contributed by atoms with Gasteiger partial charge in [-0.25, -0.2) is 0 Å². The molecular formula is C8H15N3O4. The van der Waals surface area contributed by atoms with Crippen LogP contribution in [0.2, 0.25) is 0 Å². The van der Waals surface area contributed by atoms with Gasteiger partial charge in [-0.1, -0.05) is 0 Å². The third kappa shape index (κ3) is 5.63. The molecule has 15 heavy (non-hydrogen) atoms. The van der Waals surface area contributed by atoms with Gasteiger partial charge in [-0.05, 0) is 13.8 Å². The number of aliphatic carboxylic acids is 1. The summed E-state index contributed by atoms with van der Waals surface area (Å²) in [6.45, 7) is 2.59. The van der Waals surface area contributed by atoms with Crippen molar-refractivity contribution in [3.05, 3.63) is 0 Å². The molecule has 86 valence electrons. The molecule has 2 atom stereocenters. The van der Waals surface area contributed by atoms with Crippen molar-refractivity contribution in [1.29, 1.82) is 0 Å². The molecule has 0 aliphatic heterocycles. The maximum absolute atomic E-state index is 11.0. The number of hydrogen-bond acceptors (Lipinski definition) is 4. The van der Waals surface area contributed by atoms with Crippen LogP contribution in [0.3, 0.4) is 0 Å². The van der Waals surface area contributed by atoms with E-state index in [0.29, 0.717) is 0 Å². The third-order valence-electron chi connectivity index (χ3n) is 1.60. The predicted octanol–water partition coefficient (Wildman–Crippen LogP) is -4.01. The van der Waals surface area contributed by atoms with Crippen molar-refractivity contribution in [2.75, 3.05) is 6.54 Å².